The van der Waals surface area contributed by atoms with Crippen molar-refractivity contribution in [1.82, 2.24) is 4.90 Å². The highest BCUT2D eigenvalue weighted by Gasteiger charge is 2.34. The van der Waals surface area contributed by atoms with Crippen LogP contribution in [0.25, 0.3) is 0 Å². The number of carbonyl (C=O) groups is 2. The molecule has 4 rings (SSSR count). The zero-order valence-electron chi connectivity index (χ0n) is 16.0. The second-order valence-corrected chi connectivity index (χ2v) is 7.22. The highest BCUT2D eigenvalue weighted by atomic mass is 16.2. The minimum absolute atomic E-state index is 0.0245. The van der Waals surface area contributed by atoms with E-state index < -0.39 is 0 Å². The highest BCUT2D eigenvalue weighted by Crippen LogP contribution is 2.23. The Hall–Kier alpha value is -3.60. The van der Waals surface area contributed by atoms with Crippen LogP contribution in [0.15, 0.2) is 84.9 Å². The topological polar surface area (TPSA) is 61.4 Å². The Kier molecular flexibility index (Phi) is 5.56. The number of amides is 2. The molecule has 5 nitrogen and oxygen atoms in total. The summed E-state index contributed by atoms with van der Waals surface area (Å²) in [5.74, 6) is -0.414. The summed E-state index contributed by atoms with van der Waals surface area (Å²) in [7, 11) is 0. The summed E-state index contributed by atoms with van der Waals surface area (Å²) in [6.45, 7) is 0.997. The molecule has 0 spiro atoms. The Morgan fingerprint density at radius 2 is 1.41 bits per heavy atom. The summed E-state index contributed by atoms with van der Waals surface area (Å²) >= 11 is 0. The fourth-order valence-electron chi connectivity index (χ4n) is 3.47. The maximum absolute atomic E-state index is 12.6. The van der Waals surface area contributed by atoms with E-state index in [-0.39, 0.29) is 24.2 Å². The zero-order chi connectivity index (χ0) is 20.1. The van der Waals surface area contributed by atoms with Gasteiger partial charge < -0.3 is 15.5 Å². The van der Waals surface area contributed by atoms with Gasteiger partial charge in [0.25, 0.3) is 0 Å². The van der Waals surface area contributed by atoms with Crippen LogP contribution in [0.4, 0.5) is 17.1 Å². The van der Waals surface area contributed by atoms with E-state index in [2.05, 4.69) is 10.6 Å². The number of hydrogen-bond acceptors (Lipinski definition) is 3. The third kappa shape index (κ3) is 4.82. The van der Waals surface area contributed by atoms with E-state index in [1.807, 2.05) is 84.9 Å². The molecule has 3 aromatic carbocycles. The smallest absolute Gasteiger partial charge is 0.229 e. The van der Waals surface area contributed by atoms with Crippen LogP contribution >= 0.6 is 0 Å². The molecule has 2 amide bonds. The van der Waals surface area contributed by atoms with E-state index >= 15 is 0 Å². The quantitative estimate of drug-likeness (QED) is 0.660. The molecule has 1 aliphatic heterocycles. The molecule has 29 heavy (non-hydrogen) atoms. The van der Waals surface area contributed by atoms with Crippen LogP contribution in [0.2, 0.25) is 0 Å². The summed E-state index contributed by atoms with van der Waals surface area (Å²) in [6, 6.07) is 27.3. The van der Waals surface area contributed by atoms with Crippen LogP contribution in [-0.2, 0) is 16.1 Å². The maximum atomic E-state index is 12.6. The molecule has 5 heteroatoms. The Morgan fingerprint density at radius 1 is 0.828 bits per heavy atom. The Morgan fingerprint density at radius 3 is 2.10 bits per heavy atom. The van der Waals surface area contributed by atoms with E-state index in [4.69, 9.17) is 0 Å². The van der Waals surface area contributed by atoms with Crippen LogP contribution in [0.1, 0.15) is 12.0 Å². The molecule has 1 atom stereocenters. The molecule has 3 aromatic rings. The molecular formula is C24H23N3O2. The van der Waals surface area contributed by atoms with Gasteiger partial charge in [-0.2, -0.15) is 0 Å². The summed E-state index contributed by atoms with van der Waals surface area (Å²) < 4.78 is 0. The van der Waals surface area contributed by atoms with Crippen molar-refractivity contribution in [2.45, 2.75) is 13.0 Å². The third-order valence-corrected chi connectivity index (χ3v) is 5.02. The number of benzene rings is 3. The first-order valence-corrected chi connectivity index (χ1v) is 9.72. The Bertz CT molecular complexity index is 972. The number of anilines is 3. The fourth-order valence-corrected chi connectivity index (χ4v) is 3.47. The van der Waals surface area contributed by atoms with E-state index in [0.717, 1.165) is 22.6 Å². The molecule has 1 aliphatic rings. The van der Waals surface area contributed by atoms with E-state index in [1.54, 1.807) is 4.90 Å². The fraction of sp³-hybridized carbons (Fsp3) is 0.167. The van der Waals surface area contributed by atoms with Gasteiger partial charge in [-0.25, -0.2) is 0 Å². The van der Waals surface area contributed by atoms with Gasteiger partial charge in [0, 0.05) is 36.6 Å². The number of likely N-dealkylation sites (tertiary alicyclic amines) is 1. The molecule has 1 fully saturated rings. The Labute approximate surface area is 170 Å². The molecule has 146 valence electrons. The first kappa shape index (κ1) is 18.7. The lowest BCUT2D eigenvalue weighted by molar-refractivity contribution is -0.128. The minimum atomic E-state index is -0.326. The number of para-hydroxylation sites is 1. The van der Waals surface area contributed by atoms with Crippen molar-refractivity contribution in [1.29, 1.82) is 0 Å². The maximum Gasteiger partial charge on any atom is 0.229 e. The van der Waals surface area contributed by atoms with Gasteiger partial charge in [-0.1, -0.05) is 48.5 Å². The van der Waals surface area contributed by atoms with Crippen LogP contribution < -0.4 is 10.6 Å². The summed E-state index contributed by atoms with van der Waals surface area (Å²) in [5.41, 5.74) is 3.75. The largest absolute Gasteiger partial charge is 0.356 e. The van der Waals surface area contributed by atoms with Gasteiger partial charge in [-0.15, -0.1) is 0 Å². The predicted octanol–water partition coefficient (Wildman–Crippen LogP) is 4.42. The van der Waals surface area contributed by atoms with E-state index in [9.17, 15) is 9.59 Å². The van der Waals surface area contributed by atoms with Crippen molar-refractivity contribution < 1.29 is 9.59 Å². The normalized spacial score (nSPS) is 15.9. The summed E-state index contributed by atoms with van der Waals surface area (Å²) in [6.07, 6.45) is 0.256. The van der Waals surface area contributed by atoms with Crippen LogP contribution in [-0.4, -0.2) is 23.3 Å². The molecule has 0 unspecified atom stereocenters. The lowest BCUT2D eigenvalue weighted by Gasteiger charge is -2.16. The predicted molar refractivity (Wildman–Crippen MR) is 115 cm³/mol. The molecule has 0 aromatic heterocycles. The van der Waals surface area contributed by atoms with Crippen molar-refractivity contribution in [3.05, 3.63) is 90.5 Å². The van der Waals surface area contributed by atoms with Gasteiger partial charge in [0.05, 0.1) is 5.92 Å². The highest BCUT2D eigenvalue weighted by molar-refractivity contribution is 5.97. The second kappa shape index (κ2) is 8.61. The molecule has 1 heterocycles. The van der Waals surface area contributed by atoms with Gasteiger partial charge in [-0.05, 0) is 42.0 Å². The number of nitrogens with zero attached hydrogens (tertiary/aromatic N) is 1. The van der Waals surface area contributed by atoms with Gasteiger partial charge in [-0.3, -0.25) is 9.59 Å². The van der Waals surface area contributed by atoms with E-state index in [0.29, 0.717) is 13.1 Å². The number of carbonyl (C=O) groups excluding carboxylic acids is 2. The number of rotatable bonds is 6. The van der Waals surface area contributed by atoms with Crippen molar-refractivity contribution in [3.8, 4) is 0 Å². The molecule has 2 N–H and O–H groups in total. The third-order valence-electron chi connectivity index (χ3n) is 5.02. The van der Waals surface area contributed by atoms with Crippen LogP contribution in [0.5, 0.6) is 0 Å². The standard InChI is InChI=1S/C24H23N3O2/c28-23-15-19(17-27(23)16-18-7-3-1-4-8-18)24(29)26-22-13-11-21(12-14-22)25-20-9-5-2-6-10-20/h1-14,19,25H,15-17H2,(H,26,29)/t19-/m1/s1. The molecular weight excluding hydrogens is 362 g/mol. The summed E-state index contributed by atoms with van der Waals surface area (Å²) in [4.78, 5) is 26.7. The van der Waals surface area contributed by atoms with Gasteiger partial charge in [0.2, 0.25) is 11.8 Å². The molecule has 1 saturated heterocycles. The SMILES string of the molecule is O=C(Nc1ccc(Nc2ccccc2)cc1)[C@@H]1CC(=O)N(Cc2ccccc2)C1. The molecule has 0 saturated carbocycles. The lowest BCUT2D eigenvalue weighted by Crippen LogP contribution is -2.28. The first-order valence-electron chi connectivity index (χ1n) is 9.72. The van der Waals surface area contributed by atoms with Gasteiger partial charge in [0.15, 0.2) is 0 Å². The monoisotopic (exact) mass is 385 g/mol. The van der Waals surface area contributed by atoms with Crippen molar-refractivity contribution in [3.63, 3.8) is 0 Å². The van der Waals surface area contributed by atoms with E-state index in [1.165, 1.54) is 0 Å². The van der Waals surface area contributed by atoms with Crippen molar-refractivity contribution in [2.75, 3.05) is 17.2 Å². The molecule has 0 bridgehead atoms. The zero-order valence-corrected chi connectivity index (χ0v) is 16.0. The lowest BCUT2D eigenvalue weighted by atomic mass is 10.1. The average Bonchev–Trinajstić information content (AvgIpc) is 3.11. The van der Waals surface area contributed by atoms with Gasteiger partial charge >= 0.3 is 0 Å². The van der Waals surface area contributed by atoms with Crippen molar-refractivity contribution >= 4 is 28.9 Å². The number of nitrogens with one attached hydrogen (secondary N) is 2. The van der Waals surface area contributed by atoms with Gasteiger partial charge in [0.1, 0.15) is 0 Å². The first-order chi connectivity index (χ1) is 14.2. The molecule has 0 radical (unpaired) electrons. The minimum Gasteiger partial charge on any atom is -0.356 e. The van der Waals surface area contributed by atoms with Crippen LogP contribution in [0.3, 0.4) is 0 Å². The Balaban J connectivity index is 1.33. The summed E-state index contributed by atoms with van der Waals surface area (Å²) in [5, 5.41) is 6.24. The second-order valence-electron chi connectivity index (χ2n) is 7.22. The average molecular weight is 385 g/mol. The number of hydrogen-bond donors (Lipinski definition) is 2. The van der Waals surface area contributed by atoms with Crippen molar-refractivity contribution in [2.24, 2.45) is 5.92 Å². The molecule has 0 aliphatic carbocycles. The van der Waals surface area contributed by atoms with Crippen LogP contribution in [0, 0.1) is 5.92 Å².